The Bertz CT molecular complexity index is 1230. The van der Waals surface area contributed by atoms with Crippen LogP contribution in [-0.2, 0) is 20.6 Å². The molecule has 0 radical (unpaired) electrons. The molecule has 46 heavy (non-hydrogen) atoms. The first-order chi connectivity index (χ1) is 21.3. The van der Waals surface area contributed by atoms with E-state index in [9.17, 15) is 32.2 Å². The fourth-order valence-corrected chi connectivity index (χ4v) is 8.83. The van der Waals surface area contributed by atoms with E-state index in [0.29, 0.717) is 30.3 Å². The number of aliphatic hydroxyl groups is 2. The summed E-state index contributed by atoms with van der Waals surface area (Å²) in [6.45, 7) is 12.2. The highest BCUT2D eigenvalue weighted by molar-refractivity contribution is 5.41. The number of hydrogen-bond donors (Lipinski definition) is 2. The molecule has 1 aromatic carbocycles. The first-order valence-electron chi connectivity index (χ1n) is 16.8. The van der Waals surface area contributed by atoms with Gasteiger partial charge in [0.2, 0.25) is 0 Å². The summed E-state index contributed by atoms with van der Waals surface area (Å²) < 4.78 is 70.6. The van der Waals surface area contributed by atoms with Crippen LogP contribution >= 0.6 is 0 Å². The minimum Gasteiger partial charge on any atom is -0.393 e. The van der Waals surface area contributed by atoms with Gasteiger partial charge in [-0.15, -0.1) is 0 Å². The van der Waals surface area contributed by atoms with Gasteiger partial charge in [0.15, 0.2) is 11.6 Å². The number of halogens is 5. The maximum Gasteiger partial charge on any atom is 0.450 e. The van der Waals surface area contributed by atoms with Crippen molar-refractivity contribution in [1.82, 2.24) is 0 Å². The molecular formula is C36H51F5O5. The summed E-state index contributed by atoms with van der Waals surface area (Å²) in [4.78, 5) is 0. The highest BCUT2D eigenvalue weighted by Crippen LogP contribution is 2.65. The van der Waals surface area contributed by atoms with E-state index < -0.39 is 24.2 Å². The summed E-state index contributed by atoms with van der Waals surface area (Å²) >= 11 is 0. The minimum atomic E-state index is -5.33. The van der Waals surface area contributed by atoms with E-state index in [1.54, 1.807) is 25.0 Å². The normalized spacial score (nSPS) is 33.6. The van der Waals surface area contributed by atoms with Crippen LogP contribution in [0.1, 0.15) is 103 Å². The molecule has 3 saturated carbocycles. The molecule has 6 rings (SSSR count). The molecule has 4 fully saturated rings. The van der Waals surface area contributed by atoms with Crippen molar-refractivity contribution in [2.75, 3.05) is 19.8 Å². The molecule has 1 spiro atoms. The first kappa shape index (κ1) is 35.7. The van der Waals surface area contributed by atoms with Gasteiger partial charge in [0.1, 0.15) is 0 Å². The van der Waals surface area contributed by atoms with Crippen molar-refractivity contribution in [3.8, 4) is 0 Å². The maximum absolute atomic E-state index is 11.2. The Morgan fingerprint density at radius 2 is 1.59 bits per heavy atom. The maximum atomic E-state index is 11.2. The molecule has 6 unspecified atom stereocenters. The molecule has 6 atom stereocenters. The Labute approximate surface area is 269 Å². The van der Waals surface area contributed by atoms with Crippen LogP contribution in [0.2, 0.25) is 0 Å². The summed E-state index contributed by atoms with van der Waals surface area (Å²) in [7, 11) is 0. The predicted molar refractivity (Wildman–Crippen MR) is 164 cm³/mol. The molecule has 0 bridgehead atoms. The van der Waals surface area contributed by atoms with E-state index in [1.807, 2.05) is 0 Å². The van der Waals surface area contributed by atoms with Gasteiger partial charge in [-0.05, 0) is 93.1 Å². The SMILES string of the molecule is CC1(C)COC2(CCC3=C4C(c5ccc(CCOC(C)(C)O)cc5)CC5(C)C(O)CCC5C4CCC3C2)OC1.FC(F)C(F)(F)F. The van der Waals surface area contributed by atoms with Crippen LogP contribution in [-0.4, -0.2) is 60.3 Å². The van der Waals surface area contributed by atoms with Crippen molar-refractivity contribution < 1.29 is 46.4 Å². The molecule has 10 heteroatoms. The van der Waals surface area contributed by atoms with Gasteiger partial charge < -0.3 is 24.4 Å². The lowest BCUT2D eigenvalue weighted by Crippen LogP contribution is -2.52. The third-order valence-electron chi connectivity index (χ3n) is 11.2. The van der Waals surface area contributed by atoms with Gasteiger partial charge in [0, 0.05) is 24.2 Å². The van der Waals surface area contributed by atoms with Gasteiger partial charge in [-0.3, -0.25) is 0 Å². The third kappa shape index (κ3) is 7.66. The van der Waals surface area contributed by atoms with Crippen LogP contribution in [0, 0.1) is 28.6 Å². The molecule has 1 saturated heterocycles. The second kappa shape index (κ2) is 13.0. The largest absolute Gasteiger partial charge is 0.450 e. The molecule has 5 aliphatic rings. The summed E-state index contributed by atoms with van der Waals surface area (Å²) in [6.07, 6.45) is -0.349. The topological polar surface area (TPSA) is 68.2 Å². The number of fused-ring (bicyclic) bond motifs is 4. The molecule has 1 aromatic rings. The lowest BCUT2D eigenvalue weighted by atomic mass is 9.52. The van der Waals surface area contributed by atoms with Gasteiger partial charge in [-0.1, -0.05) is 56.2 Å². The number of rotatable bonds is 5. The van der Waals surface area contributed by atoms with Crippen LogP contribution in [0.4, 0.5) is 22.0 Å². The quantitative estimate of drug-likeness (QED) is 0.189. The standard InChI is InChI=1S/C34H50O5.C2HF5/c1-31(2)20-38-34(39-21-31)16-14-25-24(18-34)10-11-26-28-12-13-29(35)33(28,5)19-27(30(25)26)23-8-6-22(7-9-23)15-17-37-32(3,4)36;3-1(4)2(5,6)7/h6-9,24,26-29,35-36H,10-21H2,1-5H3;1H. The van der Waals surface area contributed by atoms with Gasteiger partial charge in [0.25, 0.3) is 0 Å². The van der Waals surface area contributed by atoms with Gasteiger partial charge in [-0.2, -0.15) is 13.2 Å². The molecule has 0 aromatic heterocycles. The van der Waals surface area contributed by atoms with Gasteiger partial charge in [-0.25, -0.2) is 8.78 Å². The van der Waals surface area contributed by atoms with Crippen LogP contribution in [0.3, 0.4) is 0 Å². The number of allylic oxidation sites excluding steroid dienone is 2. The van der Waals surface area contributed by atoms with Crippen molar-refractivity contribution in [3.63, 3.8) is 0 Å². The Balaban J connectivity index is 0.000000537. The second-order valence-electron chi connectivity index (χ2n) is 15.8. The molecule has 4 aliphatic carbocycles. The molecule has 260 valence electrons. The fraction of sp³-hybridized carbons (Fsp3) is 0.778. The number of aliphatic hydroxyl groups excluding tert-OH is 1. The lowest BCUT2D eigenvalue weighted by Gasteiger charge is -2.55. The summed E-state index contributed by atoms with van der Waals surface area (Å²) in [5.41, 5.74) is 6.12. The van der Waals surface area contributed by atoms with Crippen molar-refractivity contribution >= 4 is 0 Å². The van der Waals surface area contributed by atoms with Crippen molar-refractivity contribution in [3.05, 3.63) is 46.5 Å². The van der Waals surface area contributed by atoms with Crippen molar-refractivity contribution in [2.45, 2.75) is 129 Å². The monoisotopic (exact) mass is 658 g/mol. The molecule has 0 amide bonds. The van der Waals surface area contributed by atoms with Crippen LogP contribution in [0.25, 0.3) is 0 Å². The molecule has 1 heterocycles. The van der Waals surface area contributed by atoms with Gasteiger partial charge >= 0.3 is 12.6 Å². The third-order valence-corrected chi connectivity index (χ3v) is 11.2. The smallest absolute Gasteiger partial charge is 0.393 e. The van der Waals surface area contributed by atoms with E-state index in [2.05, 4.69) is 45.0 Å². The number of benzene rings is 1. The average molecular weight is 659 g/mol. The van der Waals surface area contributed by atoms with E-state index in [-0.39, 0.29) is 16.9 Å². The Morgan fingerprint density at radius 1 is 0.957 bits per heavy atom. The highest BCUT2D eigenvalue weighted by Gasteiger charge is 2.57. The molecular weight excluding hydrogens is 607 g/mol. The molecule has 1 aliphatic heterocycles. The van der Waals surface area contributed by atoms with Crippen molar-refractivity contribution in [1.29, 1.82) is 0 Å². The summed E-state index contributed by atoms with van der Waals surface area (Å²) in [5, 5.41) is 21.1. The van der Waals surface area contributed by atoms with Crippen molar-refractivity contribution in [2.24, 2.45) is 28.6 Å². The van der Waals surface area contributed by atoms with E-state index in [4.69, 9.17) is 14.2 Å². The Morgan fingerprint density at radius 3 is 2.17 bits per heavy atom. The Hall–Kier alpha value is -1.59. The summed E-state index contributed by atoms with van der Waals surface area (Å²) in [5.74, 6) is 0.584. The highest BCUT2D eigenvalue weighted by atomic mass is 19.4. The zero-order valence-corrected chi connectivity index (χ0v) is 27.8. The van der Waals surface area contributed by atoms with Crippen LogP contribution in [0.15, 0.2) is 35.4 Å². The molecule has 5 nitrogen and oxygen atoms in total. The number of alkyl halides is 5. The second-order valence-corrected chi connectivity index (χ2v) is 15.8. The van der Waals surface area contributed by atoms with Crippen LogP contribution < -0.4 is 0 Å². The zero-order valence-electron chi connectivity index (χ0n) is 27.8. The minimum absolute atomic E-state index is 0.0114. The molecule has 2 N–H and O–H groups in total. The fourth-order valence-electron chi connectivity index (χ4n) is 8.83. The number of ether oxygens (including phenoxy) is 3. The lowest BCUT2D eigenvalue weighted by molar-refractivity contribution is -0.312. The van der Waals surface area contributed by atoms with Gasteiger partial charge in [0.05, 0.1) is 25.9 Å². The number of hydrogen-bond acceptors (Lipinski definition) is 5. The van der Waals surface area contributed by atoms with E-state index in [0.717, 1.165) is 58.2 Å². The predicted octanol–water partition coefficient (Wildman–Crippen LogP) is 8.33. The zero-order chi connectivity index (χ0) is 33.7. The average Bonchev–Trinajstić information content (AvgIpc) is 3.27. The van der Waals surface area contributed by atoms with Crippen LogP contribution in [0.5, 0.6) is 0 Å². The van der Waals surface area contributed by atoms with E-state index in [1.165, 1.54) is 24.0 Å². The summed E-state index contributed by atoms with van der Waals surface area (Å²) in [6, 6.07) is 9.13. The first-order valence-corrected chi connectivity index (χ1v) is 16.8. The van der Waals surface area contributed by atoms with E-state index >= 15 is 0 Å². The Kier molecular flexibility index (Phi) is 10.1.